The minimum Gasteiger partial charge on any atom is -0.0625 e. The Hall–Kier alpha value is 0. The summed E-state index contributed by atoms with van der Waals surface area (Å²) in [6, 6.07) is 0. The topological polar surface area (TPSA) is 0 Å². The molecule has 4 unspecified atom stereocenters. The van der Waals surface area contributed by atoms with Crippen LogP contribution in [-0.4, -0.2) is 0 Å². The highest BCUT2D eigenvalue weighted by molar-refractivity contribution is 4.96. The summed E-state index contributed by atoms with van der Waals surface area (Å²) < 4.78 is 0. The Morgan fingerprint density at radius 1 is 0.323 bits per heavy atom. The SMILES string of the molecule is C1CCC(C2CCC3CCCC3C2C2CCCCC2)CC1.CC1CCCCCCCC1. The fourth-order valence-electron chi connectivity index (χ4n) is 9.01. The summed E-state index contributed by atoms with van der Waals surface area (Å²) in [5.74, 6) is 7.90. The first-order valence-corrected chi connectivity index (χ1v) is 15.3. The van der Waals surface area contributed by atoms with E-state index in [1.807, 2.05) is 0 Å². The first-order valence-electron chi connectivity index (χ1n) is 15.3. The van der Waals surface area contributed by atoms with E-state index in [2.05, 4.69) is 6.92 Å². The molecule has 0 amide bonds. The van der Waals surface area contributed by atoms with Crippen LogP contribution in [0, 0.1) is 41.4 Å². The average molecular weight is 429 g/mol. The van der Waals surface area contributed by atoms with Gasteiger partial charge in [0.25, 0.3) is 0 Å². The second kappa shape index (κ2) is 13.0. The van der Waals surface area contributed by atoms with E-state index in [0.29, 0.717) is 0 Å². The molecule has 5 rings (SSSR count). The third kappa shape index (κ3) is 6.99. The van der Waals surface area contributed by atoms with Crippen molar-refractivity contribution >= 4 is 0 Å². The summed E-state index contributed by atoms with van der Waals surface area (Å²) in [6.45, 7) is 2.41. The van der Waals surface area contributed by atoms with Crippen molar-refractivity contribution in [2.75, 3.05) is 0 Å². The number of fused-ring (bicyclic) bond motifs is 1. The van der Waals surface area contributed by atoms with Gasteiger partial charge in [-0.25, -0.2) is 0 Å². The van der Waals surface area contributed by atoms with E-state index in [0.717, 1.165) is 41.4 Å². The fraction of sp³-hybridized carbons (Fsp3) is 1.00. The maximum atomic E-state index is 2.41. The summed E-state index contributed by atoms with van der Waals surface area (Å²) in [5, 5.41) is 0. The quantitative estimate of drug-likeness (QED) is 0.410. The molecule has 0 aromatic heterocycles. The van der Waals surface area contributed by atoms with Gasteiger partial charge in [-0.1, -0.05) is 135 Å². The van der Waals surface area contributed by atoms with Crippen molar-refractivity contribution in [2.24, 2.45) is 41.4 Å². The molecule has 0 saturated heterocycles. The third-order valence-electron chi connectivity index (χ3n) is 10.7. The number of hydrogen-bond acceptors (Lipinski definition) is 0. The van der Waals surface area contributed by atoms with Crippen LogP contribution in [0.2, 0.25) is 0 Å². The van der Waals surface area contributed by atoms with Crippen molar-refractivity contribution in [1.82, 2.24) is 0 Å². The van der Waals surface area contributed by atoms with Gasteiger partial charge in [-0.3, -0.25) is 0 Å². The van der Waals surface area contributed by atoms with Gasteiger partial charge in [0.2, 0.25) is 0 Å². The van der Waals surface area contributed by atoms with Crippen molar-refractivity contribution < 1.29 is 0 Å². The summed E-state index contributed by atoms with van der Waals surface area (Å²) >= 11 is 0. The molecule has 0 aromatic rings. The Balaban J connectivity index is 0.000000196. The highest BCUT2D eigenvalue weighted by Gasteiger charge is 2.47. The van der Waals surface area contributed by atoms with E-state index >= 15 is 0 Å². The lowest BCUT2D eigenvalue weighted by atomic mass is 9.56. The first kappa shape index (κ1) is 24.1. The fourth-order valence-corrected chi connectivity index (χ4v) is 9.01. The Labute approximate surface area is 196 Å². The van der Waals surface area contributed by atoms with Crippen LogP contribution in [0.4, 0.5) is 0 Å². The molecule has 0 N–H and O–H groups in total. The number of hydrogen-bond donors (Lipinski definition) is 0. The zero-order valence-electron chi connectivity index (χ0n) is 21.3. The lowest BCUT2D eigenvalue weighted by Gasteiger charge is -2.49. The van der Waals surface area contributed by atoms with Crippen LogP contribution in [0.1, 0.15) is 155 Å². The molecule has 31 heavy (non-hydrogen) atoms. The Kier molecular flexibility index (Phi) is 10.1. The zero-order chi connectivity index (χ0) is 21.3. The van der Waals surface area contributed by atoms with Gasteiger partial charge < -0.3 is 0 Å². The monoisotopic (exact) mass is 428 g/mol. The maximum Gasteiger partial charge on any atom is -0.0324 e. The molecule has 0 nitrogen and oxygen atoms in total. The zero-order valence-corrected chi connectivity index (χ0v) is 21.3. The molecule has 0 aromatic carbocycles. The van der Waals surface area contributed by atoms with Gasteiger partial charge in [-0.05, 0) is 60.7 Å². The van der Waals surface area contributed by atoms with Crippen LogP contribution in [0.25, 0.3) is 0 Å². The molecule has 5 saturated carbocycles. The maximum absolute atomic E-state index is 2.41. The van der Waals surface area contributed by atoms with Crippen LogP contribution in [0.15, 0.2) is 0 Å². The van der Waals surface area contributed by atoms with Crippen molar-refractivity contribution in [3.63, 3.8) is 0 Å². The van der Waals surface area contributed by atoms with Gasteiger partial charge in [-0.2, -0.15) is 0 Å². The molecule has 0 bridgehead atoms. The summed E-state index contributed by atoms with van der Waals surface area (Å²) in [5.41, 5.74) is 0. The Morgan fingerprint density at radius 3 is 1.39 bits per heavy atom. The predicted molar refractivity (Wildman–Crippen MR) is 136 cm³/mol. The minimum atomic E-state index is 1.01. The predicted octanol–water partition coefficient (Wildman–Crippen LogP) is 10.3. The van der Waals surface area contributed by atoms with E-state index in [-0.39, 0.29) is 0 Å². The van der Waals surface area contributed by atoms with Crippen molar-refractivity contribution in [3.8, 4) is 0 Å². The summed E-state index contributed by atoms with van der Waals surface area (Å²) in [7, 11) is 0. The molecule has 0 heteroatoms. The van der Waals surface area contributed by atoms with Crippen LogP contribution in [0.3, 0.4) is 0 Å². The molecule has 4 atom stereocenters. The highest BCUT2D eigenvalue weighted by Crippen LogP contribution is 2.56. The van der Waals surface area contributed by atoms with Crippen molar-refractivity contribution in [3.05, 3.63) is 0 Å². The lowest BCUT2D eigenvalue weighted by molar-refractivity contribution is 0.00318. The minimum absolute atomic E-state index is 1.01. The van der Waals surface area contributed by atoms with E-state index in [4.69, 9.17) is 0 Å². The van der Waals surface area contributed by atoms with Gasteiger partial charge in [0, 0.05) is 0 Å². The standard InChI is InChI=1S/C21H36.C10H20/c1-3-8-16(9-4-1)20-15-14-17-12-7-13-19(17)21(20)18-10-5-2-6-11-18;1-10-8-6-4-2-3-5-7-9-10/h16-21H,1-15H2;10H,2-9H2,1H3. The van der Waals surface area contributed by atoms with E-state index in [1.54, 1.807) is 83.5 Å². The normalized spacial score (nSPS) is 37.1. The molecule has 0 heterocycles. The first-order chi connectivity index (χ1) is 15.3. The second-order valence-electron chi connectivity index (χ2n) is 12.8. The van der Waals surface area contributed by atoms with Crippen LogP contribution >= 0.6 is 0 Å². The van der Waals surface area contributed by atoms with Gasteiger partial charge in [0.05, 0.1) is 0 Å². The largest absolute Gasteiger partial charge is 0.0625 e. The summed E-state index contributed by atoms with van der Waals surface area (Å²) in [4.78, 5) is 0. The van der Waals surface area contributed by atoms with Crippen LogP contribution in [0.5, 0.6) is 0 Å². The Bertz CT molecular complexity index is 458. The second-order valence-corrected chi connectivity index (χ2v) is 12.8. The van der Waals surface area contributed by atoms with E-state index in [9.17, 15) is 0 Å². The third-order valence-corrected chi connectivity index (χ3v) is 10.7. The van der Waals surface area contributed by atoms with Crippen LogP contribution < -0.4 is 0 Å². The molecule has 0 radical (unpaired) electrons. The lowest BCUT2D eigenvalue weighted by Crippen LogP contribution is -2.41. The molecular weight excluding hydrogens is 372 g/mol. The van der Waals surface area contributed by atoms with Crippen molar-refractivity contribution in [1.29, 1.82) is 0 Å². The molecule has 5 fully saturated rings. The average Bonchev–Trinajstić information content (AvgIpc) is 3.34. The Morgan fingerprint density at radius 2 is 0.742 bits per heavy atom. The van der Waals surface area contributed by atoms with Crippen LogP contribution in [-0.2, 0) is 0 Å². The molecule has 5 aliphatic carbocycles. The van der Waals surface area contributed by atoms with Gasteiger partial charge in [-0.15, -0.1) is 0 Å². The van der Waals surface area contributed by atoms with E-state index in [1.165, 1.54) is 64.2 Å². The van der Waals surface area contributed by atoms with Gasteiger partial charge >= 0.3 is 0 Å². The highest BCUT2D eigenvalue weighted by atomic mass is 14.5. The molecule has 0 aliphatic heterocycles. The van der Waals surface area contributed by atoms with E-state index < -0.39 is 0 Å². The van der Waals surface area contributed by atoms with Gasteiger partial charge in [0.15, 0.2) is 0 Å². The molecular formula is C31H56. The van der Waals surface area contributed by atoms with Crippen molar-refractivity contribution in [2.45, 2.75) is 155 Å². The molecule has 180 valence electrons. The summed E-state index contributed by atoms with van der Waals surface area (Å²) in [6.07, 6.45) is 35.5. The number of rotatable bonds is 2. The molecule has 0 spiro atoms. The smallest absolute Gasteiger partial charge is 0.0324 e. The molecule has 5 aliphatic rings. The van der Waals surface area contributed by atoms with Gasteiger partial charge in [0.1, 0.15) is 0 Å².